The van der Waals surface area contributed by atoms with Crippen molar-refractivity contribution in [2.24, 2.45) is 0 Å². The monoisotopic (exact) mass is 267 g/mol. The van der Waals surface area contributed by atoms with E-state index < -0.39 is 0 Å². The lowest BCUT2D eigenvalue weighted by atomic mass is 10.2. The van der Waals surface area contributed by atoms with Crippen LogP contribution in [0.1, 0.15) is 35.6 Å². The lowest BCUT2D eigenvalue weighted by Gasteiger charge is -1.99. The molecule has 1 aromatic heterocycles. The molecule has 1 saturated carbocycles. The Morgan fingerprint density at radius 2 is 2.10 bits per heavy atom. The van der Waals surface area contributed by atoms with E-state index in [0.717, 1.165) is 16.8 Å². The molecule has 0 bridgehead atoms. The molecule has 1 heterocycles. The largest absolute Gasteiger partial charge is 0.305 e. The van der Waals surface area contributed by atoms with Crippen molar-refractivity contribution >= 4 is 17.8 Å². The van der Waals surface area contributed by atoms with Crippen LogP contribution in [-0.4, -0.2) is 16.1 Å². The molecule has 1 amide bonds. The van der Waals surface area contributed by atoms with Gasteiger partial charge in [0.25, 0.3) is 0 Å². The van der Waals surface area contributed by atoms with Crippen LogP contribution < -0.4 is 5.32 Å². The van der Waals surface area contributed by atoms with Gasteiger partial charge in [-0.2, -0.15) is 5.10 Å². The van der Waals surface area contributed by atoms with Gasteiger partial charge in [0.15, 0.2) is 5.82 Å². The number of rotatable bonds is 4. The minimum absolute atomic E-state index is 0.161. The Morgan fingerprint density at radius 3 is 2.80 bits per heavy atom. The number of aromatic nitrogens is 2. The molecule has 0 saturated heterocycles. The molecule has 4 nitrogen and oxygen atoms in total. The summed E-state index contributed by atoms with van der Waals surface area (Å²) in [5.41, 5.74) is 3.21. The fourth-order valence-electron chi connectivity index (χ4n) is 2.20. The molecule has 0 spiro atoms. The van der Waals surface area contributed by atoms with E-state index in [0.29, 0.717) is 11.7 Å². The molecule has 2 aromatic rings. The second-order valence-electron chi connectivity index (χ2n) is 5.12. The Kier molecular flexibility index (Phi) is 3.37. The maximum Gasteiger partial charge on any atom is 0.249 e. The molecule has 1 fully saturated rings. The van der Waals surface area contributed by atoms with Crippen molar-refractivity contribution in [3.8, 4) is 0 Å². The maximum absolute atomic E-state index is 11.9. The average Bonchev–Trinajstić information content (AvgIpc) is 3.24. The van der Waals surface area contributed by atoms with Crippen LogP contribution in [0.5, 0.6) is 0 Å². The van der Waals surface area contributed by atoms with Gasteiger partial charge in [0.05, 0.1) is 0 Å². The Balaban J connectivity index is 1.65. The van der Waals surface area contributed by atoms with Crippen LogP contribution in [0.25, 0.3) is 6.08 Å². The zero-order chi connectivity index (χ0) is 13.9. The Labute approximate surface area is 117 Å². The molecular formula is C16H17N3O. The summed E-state index contributed by atoms with van der Waals surface area (Å²) >= 11 is 0. The third kappa shape index (κ3) is 2.79. The Hall–Kier alpha value is -2.36. The first kappa shape index (κ1) is 12.7. The van der Waals surface area contributed by atoms with Gasteiger partial charge in [-0.15, -0.1) is 0 Å². The summed E-state index contributed by atoms with van der Waals surface area (Å²) in [5.74, 6) is 1.08. The van der Waals surface area contributed by atoms with Crippen molar-refractivity contribution in [2.45, 2.75) is 25.7 Å². The number of benzene rings is 1. The first-order valence-electron chi connectivity index (χ1n) is 6.83. The highest BCUT2D eigenvalue weighted by molar-refractivity contribution is 6.01. The molecule has 20 heavy (non-hydrogen) atoms. The summed E-state index contributed by atoms with van der Waals surface area (Å²) < 4.78 is 0. The number of carbonyl (C=O) groups excluding carboxylic acids is 1. The SMILES string of the molecule is Cc1c(NC(=O)/C=C/c2ccccc2)n[nH]c1C1CC1. The molecule has 0 radical (unpaired) electrons. The summed E-state index contributed by atoms with van der Waals surface area (Å²) in [7, 11) is 0. The molecule has 0 unspecified atom stereocenters. The van der Waals surface area contributed by atoms with Crippen molar-refractivity contribution < 1.29 is 4.79 Å². The number of aromatic amines is 1. The van der Waals surface area contributed by atoms with Crippen LogP contribution in [0.15, 0.2) is 36.4 Å². The van der Waals surface area contributed by atoms with Crippen molar-refractivity contribution in [2.75, 3.05) is 5.32 Å². The third-order valence-corrected chi connectivity index (χ3v) is 3.50. The number of carbonyl (C=O) groups is 1. The molecule has 0 aliphatic heterocycles. The fraction of sp³-hybridized carbons (Fsp3) is 0.250. The van der Waals surface area contributed by atoms with Crippen molar-refractivity contribution in [1.82, 2.24) is 10.2 Å². The predicted molar refractivity (Wildman–Crippen MR) is 79.4 cm³/mol. The highest BCUT2D eigenvalue weighted by atomic mass is 16.1. The van der Waals surface area contributed by atoms with E-state index in [2.05, 4.69) is 15.5 Å². The molecule has 1 aromatic carbocycles. The zero-order valence-corrected chi connectivity index (χ0v) is 11.4. The van der Waals surface area contributed by atoms with Crippen LogP contribution in [0, 0.1) is 6.92 Å². The van der Waals surface area contributed by atoms with Crippen LogP contribution >= 0.6 is 0 Å². The smallest absolute Gasteiger partial charge is 0.249 e. The lowest BCUT2D eigenvalue weighted by Crippen LogP contribution is -2.09. The van der Waals surface area contributed by atoms with Crippen molar-refractivity contribution in [3.63, 3.8) is 0 Å². The number of amides is 1. The van der Waals surface area contributed by atoms with Crippen LogP contribution in [-0.2, 0) is 4.79 Å². The quantitative estimate of drug-likeness (QED) is 0.835. The van der Waals surface area contributed by atoms with E-state index in [1.165, 1.54) is 18.9 Å². The first-order valence-corrected chi connectivity index (χ1v) is 6.83. The summed E-state index contributed by atoms with van der Waals surface area (Å²) in [6.45, 7) is 1.99. The summed E-state index contributed by atoms with van der Waals surface area (Å²) in [4.78, 5) is 11.9. The summed E-state index contributed by atoms with van der Waals surface area (Å²) in [6.07, 6.45) is 5.74. The van der Waals surface area contributed by atoms with Crippen LogP contribution in [0.2, 0.25) is 0 Å². The van der Waals surface area contributed by atoms with Gasteiger partial charge in [0.1, 0.15) is 0 Å². The number of hydrogen-bond acceptors (Lipinski definition) is 2. The van der Waals surface area contributed by atoms with Gasteiger partial charge < -0.3 is 5.32 Å². The van der Waals surface area contributed by atoms with Gasteiger partial charge in [0, 0.05) is 23.3 Å². The minimum atomic E-state index is -0.161. The van der Waals surface area contributed by atoms with Gasteiger partial charge in [0.2, 0.25) is 5.91 Å². The van der Waals surface area contributed by atoms with E-state index >= 15 is 0 Å². The highest BCUT2D eigenvalue weighted by Gasteiger charge is 2.28. The Morgan fingerprint density at radius 1 is 1.35 bits per heavy atom. The molecule has 1 aliphatic rings. The van der Waals surface area contributed by atoms with Gasteiger partial charge in [-0.1, -0.05) is 30.3 Å². The van der Waals surface area contributed by atoms with E-state index in [-0.39, 0.29) is 5.91 Å². The van der Waals surface area contributed by atoms with Gasteiger partial charge in [-0.3, -0.25) is 9.89 Å². The molecule has 0 atom stereocenters. The van der Waals surface area contributed by atoms with E-state index in [1.807, 2.05) is 37.3 Å². The number of nitrogens with one attached hydrogen (secondary N) is 2. The second kappa shape index (κ2) is 5.33. The third-order valence-electron chi connectivity index (χ3n) is 3.50. The molecule has 2 N–H and O–H groups in total. The van der Waals surface area contributed by atoms with Crippen molar-refractivity contribution in [1.29, 1.82) is 0 Å². The molecule has 4 heteroatoms. The van der Waals surface area contributed by atoms with E-state index in [9.17, 15) is 4.79 Å². The molecular weight excluding hydrogens is 250 g/mol. The van der Waals surface area contributed by atoms with Gasteiger partial charge >= 0.3 is 0 Å². The van der Waals surface area contributed by atoms with Crippen molar-refractivity contribution in [3.05, 3.63) is 53.2 Å². The van der Waals surface area contributed by atoms with Gasteiger partial charge in [-0.05, 0) is 31.4 Å². The number of H-pyrrole nitrogens is 1. The first-order chi connectivity index (χ1) is 9.74. The van der Waals surface area contributed by atoms with Gasteiger partial charge in [-0.25, -0.2) is 0 Å². The van der Waals surface area contributed by atoms with Crippen LogP contribution in [0.4, 0.5) is 5.82 Å². The summed E-state index contributed by atoms with van der Waals surface area (Å²) in [6, 6.07) is 9.74. The zero-order valence-electron chi connectivity index (χ0n) is 11.4. The maximum atomic E-state index is 11.9. The molecule has 102 valence electrons. The molecule has 1 aliphatic carbocycles. The Bertz CT molecular complexity index is 639. The topological polar surface area (TPSA) is 57.8 Å². The lowest BCUT2D eigenvalue weighted by molar-refractivity contribution is -0.111. The van der Waals surface area contributed by atoms with Crippen LogP contribution in [0.3, 0.4) is 0 Å². The standard InChI is InChI=1S/C16H17N3O/c1-11-15(13-8-9-13)18-19-16(11)17-14(20)10-7-12-5-3-2-4-6-12/h2-7,10,13H,8-9H2,1H3,(H2,17,18,19,20)/b10-7+. The number of hydrogen-bond donors (Lipinski definition) is 2. The number of nitrogens with zero attached hydrogens (tertiary/aromatic N) is 1. The predicted octanol–water partition coefficient (Wildman–Crippen LogP) is 3.25. The second-order valence-corrected chi connectivity index (χ2v) is 5.12. The van der Waals surface area contributed by atoms with E-state index in [4.69, 9.17) is 0 Å². The highest BCUT2D eigenvalue weighted by Crippen LogP contribution is 2.41. The minimum Gasteiger partial charge on any atom is -0.305 e. The average molecular weight is 267 g/mol. The fourth-order valence-corrected chi connectivity index (χ4v) is 2.20. The summed E-state index contributed by atoms with van der Waals surface area (Å²) in [5, 5.41) is 10.0. The number of anilines is 1. The molecule has 3 rings (SSSR count). The van der Waals surface area contributed by atoms with E-state index in [1.54, 1.807) is 6.08 Å². The normalized spacial score (nSPS) is 14.7.